The lowest BCUT2D eigenvalue weighted by Gasteiger charge is -2.06. The molecule has 0 fully saturated rings. The van der Waals surface area contributed by atoms with Crippen LogP contribution in [-0.4, -0.2) is 25.4 Å². The van der Waals surface area contributed by atoms with Gasteiger partial charge in [0.25, 0.3) is 12.3 Å². The number of carbonyl (C=O) groups excluding carboxylic acids is 1. The van der Waals surface area contributed by atoms with Crippen LogP contribution in [0.1, 0.15) is 22.6 Å². The maximum Gasteiger partial charge on any atom is 0.292 e. The molecule has 1 amide bonds. The molecule has 27 heavy (non-hydrogen) atoms. The number of anilines is 1. The second-order valence-electron chi connectivity index (χ2n) is 6.04. The molecule has 0 aliphatic carbocycles. The Kier molecular flexibility index (Phi) is 4.15. The summed E-state index contributed by atoms with van der Waals surface area (Å²) in [5.41, 5.74) is 1.64. The molecular weight excluding hydrogens is 352 g/mol. The van der Waals surface area contributed by atoms with E-state index in [1.54, 1.807) is 54.3 Å². The lowest BCUT2D eigenvalue weighted by atomic mass is 10.1. The van der Waals surface area contributed by atoms with Gasteiger partial charge in [0.05, 0.1) is 5.52 Å². The minimum atomic E-state index is -2.57. The van der Waals surface area contributed by atoms with Crippen LogP contribution in [0.25, 0.3) is 22.2 Å². The first-order valence-electron chi connectivity index (χ1n) is 8.18. The predicted octanol–water partition coefficient (Wildman–Crippen LogP) is 4.15. The summed E-state index contributed by atoms with van der Waals surface area (Å²) in [5.74, 6) is 0.213. The van der Waals surface area contributed by atoms with E-state index in [2.05, 4.69) is 20.3 Å². The van der Waals surface area contributed by atoms with E-state index in [0.29, 0.717) is 22.6 Å². The normalized spacial score (nSPS) is 11.3. The zero-order chi connectivity index (χ0) is 19.0. The Labute approximate surface area is 152 Å². The van der Waals surface area contributed by atoms with Crippen molar-refractivity contribution in [2.45, 2.75) is 6.43 Å². The summed E-state index contributed by atoms with van der Waals surface area (Å²) in [6, 6.07) is 9.76. The zero-order valence-electron chi connectivity index (χ0n) is 14.3. The molecule has 0 unspecified atom stereocenters. The molecule has 6 nitrogen and oxygen atoms in total. The fourth-order valence-electron chi connectivity index (χ4n) is 2.93. The molecule has 2 N–H and O–H groups in total. The third-order valence-corrected chi connectivity index (χ3v) is 4.26. The Bertz CT molecular complexity index is 1130. The molecule has 136 valence electrons. The van der Waals surface area contributed by atoms with Gasteiger partial charge < -0.3 is 14.9 Å². The molecule has 0 saturated carbocycles. The molecule has 1 aromatic carbocycles. The maximum atomic E-state index is 13.3. The Morgan fingerprint density at radius 3 is 2.78 bits per heavy atom. The van der Waals surface area contributed by atoms with Crippen molar-refractivity contribution in [3.05, 3.63) is 66.4 Å². The Balaban J connectivity index is 1.67. The van der Waals surface area contributed by atoms with Crippen LogP contribution >= 0.6 is 0 Å². The SMILES string of the molecule is Cn1ccnc1C(=O)Nc1cc2[nH]c(-c3ccccc3C(F)F)cc2cn1. The van der Waals surface area contributed by atoms with Crippen LogP contribution in [0.15, 0.2) is 55.0 Å². The minimum Gasteiger partial charge on any atom is -0.354 e. The van der Waals surface area contributed by atoms with Crippen molar-refractivity contribution in [3.8, 4) is 11.3 Å². The molecule has 8 heteroatoms. The van der Waals surface area contributed by atoms with Crippen molar-refractivity contribution < 1.29 is 13.6 Å². The van der Waals surface area contributed by atoms with Crippen molar-refractivity contribution in [1.82, 2.24) is 19.5 Å². The van der Waals surface area contributed by atoms with E-state index < -0.39 is 6.43 Å². The molecule has 0 atom stereocenters. The van der Waals surface area contributed by atoms with E-state index in [9.17, 15) is 13.6 Å². The van der Waals surface area contributed by atoms with Crippen LogP contribution in [0.3, 0.4) is 0 Å². The molecule has 3 aromatic heterocycles. The second-order valence-corrected chi connectivity index (χ2v) is 6.04. The van der Waals surface area contributed by atoms with Gasteiger partial charge in [0.15, 0.2) is 5.82 Å². The number of hydrogen-bond donors (Lipinski definition) is 2. The monoisotopic (exact) mass is 367 g/mol. The molecule has 4 aromatic rings. The predicted molar refractivity (Wildman–Crippen MR) is 97.6 cm³/mol. The largest absolute Gasteiger partial charge is 0.354 e. The molecule has 0 aliphatic heterocycles. The third-order valence-electron chi connectivity index (χ3n) is 4.26. The average molecular weight is 367 g/mol. The lowest BCUT2D eigenvalue weighted by molar-refractivity contribution is 0.101. The molecule has 0 bridgehead atoms. The highest BCUT2D eigenvalue weighted by molar-refractivity contribution is 6.02. The van der Waals surface area contributed by atoms with Crippen molar-refractivity contribution in [2.24, 2.45) is 7.05 Å². The quantitative estimate of drug-likeness (QED) is 0.569. The van der Waals surface area contributed by atoms with E-state index in [4.69, 9.17) is 0 Å². The van der Waals surface area contributed by atoms with Crippen LogP contribution in [0.5, 0.6) is 0 Å². The first-order chi connectivity index (χ1) is 13.0. The number of amides is 1. The topological polar surface area (TPSA) is 75.6 Å². The standard InChI is InChI=1S/C19H15F2N5O/c1-26-7-6-22-18(26)19(27)25-16-9-14-11(10-23-16)8-15(24-14)12-4-2-3-5-13(12)17(20)21/h2-10,17,24H,1H3,(H,23,25,27). The number of imidazole rings is 1. The second kappa shape index (κ2) is 6.64. The first-order valence-corrected chi connectivity index (χ1v) is 8.18. The highest BCUT2D eigenvalue weighted by atomic mass is 19.3. The van der Waals surface area contributed by atoms with Crippen LogP contribution in [0, 0.1) is 0 Å². The number of rotatable bonds is 4. The van der Waals surface area contributed by atoms with Crippen LogP contribution in [-0.2, 0) is 7.05 Å². The van der Waals surface area contributed by atoms with Gasteiger partial charge in [-0.25, -0.2) is 18.7 Å². The van der Waals surface area contributed by atoms with E-state index in [-0.39, 0.29) is 17.3 Å². The Morgan fingerprint density at radius 2 is 2.04 bits per heavy atom. The number of aromatic nitrogens is 4. The first kappa shape index (κ1) is 16.9. The number of benzene rings is 1. The molecule has 4 rings (SSSR count). The number of aryl methyl sites for hydroxylation is 1. The fourth-order valence-corrected chi connectivity index (χ4v) is 2.93. The van der Waals surface area contributed by atoms with Gasteiger partial charge >= 0.3 is 0 Å². The number of pyridine rings is 1. The minimum absolute atomic E-state index is 0.0414. The summed E-state index contributed by atoms with van der Waals surface area (Å²) in [6.45, 7) is 0. The number of H-pyrrole nitrogens is 1. The highest BCUT2D eigenvalue weighted by Crippen LogP contribution is 2.32. The van der Waals surface area contributed by atoms with Crippen LogP contribution in [0.4, 0.5) is 14.6 Å². The number of carbonyl (C=O) groups is 1. The van der Waals surface area contributed by atoms with Gasteiger partial charge in [0.1, 0.15) is 5.82 Å². The van der Waals surface area contributed by atoms with E-state index >= 15 is 0 Å². The molecule has 0 saturated heterocycles. The van der Waals surface area contributed by atoms with Gasteiger partial charge in [-0.3, -0.25) is 4.79 Å². The Morgan fingerprint density at radius 1 is 1.22 bits per heavy atom. The molecular formula is C19H15F2N5O. The smallest absolute Gasteiger partial charge is 0.292 e. The van der Waals surface area contributed by atoms with Gasteiger partial charge in [0, 0.05) is 53.9 Å². The number of fused-ring (bicyclic) bond motifs is 1. The summed E-state index contributed by atoms with van der Waals surface area (Å²) in [6.07, 6.45) is 2.21. The van der Waals surface area contributed by atoms with Crippen molar-refractivity contribution in [1.29, 1.82) is 0 Å². The maximum absolute atomic E-state index is 13.3. The number of alkyl halides is 2. The molecule has 0 radical (unpaired) electrons. The molecule has 0 spiro atoms. The Hall–Kier alpha value is -3.55. The summed E-state index contributed by atoms with van der Waals surface area (Å²) in [4.78, 5) is 23.6. The van der Waals surface area contributed by atoms with Crippen LogP contribution in [0.2, 0.25) is 0 Å². The van der Waals surface area contributed by atoms with E-state index in [1.165, 1.54) is 12.3 Å². The van der Waals surface area contributed by atoms with E-state index in [1.807, 2.05) is 0 Å². The summed E-state index contributed by atoms with van der Waals surface area (Å²) in [7, 11) is 1.72. The summed E-state index contributed by atoms with van der Waals surface area (Å²) < 4.78 is 28.1. The molecule has 0 aliphatic rings. The number of aromatic amines is 1. The van der Waals surface area contributed by atoms with E-state index in [0.717, 1.165) is 5.39 Å². The fraction of sp³-hybridized carbons (Fsp3) is 0.105. The summed E-state index contributed by atoms with van der Waals surface area (Å²) >= 11 is 0. The van der Waals surface area contributed by atoms with Crippen LogP contribution < -0.4 is 5.32 Å². The lowest BCUT2D eigenvalue weighted by Crippen LogP contribution is -2.17. The third kappa shape index (κ3) is 3.17. The average Bonchev–Trinajstić information content (AvgIpc) is 3.27. The zero-order valence-corrected chi connectivity index (χ0v) is 14.3. The highest BCUT2D eigenvalue weighted by Gasteiger charge is 2.16. The van der Waals surface area contributed by atoms with Gasteiger partial charge in [-0.05, 0) is 6.07 Å². The van der Waals surface area contributed by atoms with Crippen molar-refractivity contribution in [3.63, 3.8) is 0 Å². The van der Waals surface area contributed by atoms with Gasteiger partial charge in [-0.15, -0.1) is 0 Å². The van der Waals surface area contributed by atoms with Gasteiger partial charge in [0.2, 0.25) is 0 Å². The molecule has 3 heterocycles. The summed E-state index contributed by atoms with van der Waals surface area (Å²) in [5, 5.41) is 3.44. The number of halogens is 2. The van der Waals surface area contributed by atoms with Crippen molar-refractivity contribution >= 4 is 22.6 Å². The number of nitrogens with one attached hydrogen (secondary N) is 2. The van der Waals surface area contributed by atoms with Gasteiger partial charge in [-0.2, -0.15) is 0 Å². The van der Waals surface area contributed by atoms with Crippen molar-refractivity contribution in [2.75, 3.05) is 5.32 Å². The van der Waals surface area contributed by atoms with Gasteiger partial charge in [-0.1, -0.05) is 24.3 Å². The number of nitrogens with zero attached hydrogens (tertiary/aromatic N) is 3. The number of hydrogen-bond acceptors (Lipinski definition) is 3.